The number of amidine groups is 1. The van der Waals surface area contributed by atoms with Gasteiger partial charge in [-0.05, 0) is 30.3 Å². The summed E-state index contributed by atoms with van der Waals surface area (Å²) in [5, 5.41) is 0.688. The summed E-state index contributed by atoms with van der Waals surface area (Å²) < 4.78 is 9.94. The van der Waals surface area contributed by atoms with Crippen LogP contribution in [0.5, 0.6) is 5.75 Å². The minimum atomic E-state index is -0.493. The van der Waals surface area contributed by atoms with E-state index in [1.54, 1.807) is 25.3 Å². The lowest BCUT2D eigenvalue weighted by molar-refractivity contribution is 0.0601. The first-order valence-electron chi connectivity index (χ1n) is 8.23. The smallest absolute Gasteiger partial charge is 0.337 e. The highest BCUT2D eigenvalue weighted by molar-refractivity contribution is 8.13. The van der Waals surface area contributed by atoms with Crippen molar-refractivity contribution in [2.75, 3.05) is 14.2 Å². The first kappa shape index (κ1) is 19.4. The zero-order valence-electron chi connectivity index (χ0n) is 15.3. The van der Waals surface area contributed by atoms with Crippen LogP contribution in [0.2, 0.25) is 0 Å². The number of H-pyrrole nitrogens is 1. The highest BCUT2D eigenvalue weighted by Crippen LogP contribution is 2.27. The number of carbonyl (C=O) groups is 1. The van der Waals surface area contributed by atoms with Crippen LogP contribution in [0.4, 0.5) is 5.69 Å². The van der Waals surface area contributed by atoms with Crippen molar-refractivity contribution in [3.8, 4) is 5.75 Å². The molecule has 1 aromatic heterocycles. The molecule has 3 aromatic rings. The standard InChI is InChI=1S/C19H18N4O4S/c1-26-15-6-4-3-5-13(15)22-19(20)28-10-16-21-14-9-11(18(25)27-2)7-8-12(14)17(24)23-16/h3-9H,10H2,1-2H3,(H2,20,22)(H,21,23,24). The number of hydrogen-bond acceptors (Lipinski definition) is 7. The summed E-state index contributed by atoms with van der Waals surface area (Å²) in [6.07, 6.45) is 0. The van der Waals surface area contributed by atoms with Crippen molar-refractivity contribution < 1.29 is 14.3 Å². The fourth-order valence-electron chi connectivity index (χ4n) is 2.52. The van der Waals surface area contributed by atoms with Gasteiger partial charge in [0, 0.05) is 0 Å². The van der Waals surface area contributed by atoms with Gasteiger partial charge in [-0.1, -0.05) is 23.9 Å². The van der Waals surface area contributed by atoms with Gasteiger partial charge in [-0.25, -0.2) is 14.8 Å². The van der Waals surface area contributed by atoms with Crippen LogP contribution in [0, 0.1) is 0 Å². The quantitative estimate of drug-likeness (QED) is 0.385. The molecule has 8 nitrogen and oxygen atoms in total. The third-order valence-corrected chi connectivity index (χ3v) is 4.65. The number of nitrogens with two attached hydrogens (primary N) is 1. The van der Waals surface area contributed by atoms with E-state index in [2.05, 4.69) is 15.0 Å². The first-order valence-corrected chi connectivity index (χ1v) is 9.21. The molecule has 0 radical (unpaired) electrons. The molecule has 9 heteroatoms. The molecule has 0 saturated carbocycles. The number of benzene rings is 2. The lowest BCUT2D eigenvalue weighted by Gasteiger charge is -2.06. The van der Waals surface area contributed by atoms with Crippen molar-refractivity contribution in [1.29, 1.82) is 0 Å². The molecule has 144 valence electrons. The topological polar surface area (TPSA) is 120 Å². The highest BCUT2D eigenvalue weighted by atomic mass is 32.2. The van der Waals surface area contributed by atoms with E-state index >= 15 is 0 Å². The van der Waals surface area contributed by atoms with Crippen molar-refractivity contribution >= 4 is 39.5 Å². The third-order valence-electron chi connectivity index (χ3n) is 3.85. The van der Waals surface area contributed by atoms with E-state index in [0.29, 0.717) is 44.6 Å². The van der Waals surface area contributed by atoms with Crippen molar-refractivity contribution in [2.45, 2.75) is 5.75 Å². The number of nitrogens with one attached hydrogen (secondary N) is 1. The van der Waals surface area contributed by atoms with Crippen LogP contribution >= 0.6 is 11.8 Å². The fraction of sp³-hybridized carbons (Fsp3) is 0.158. The highest BCUT2D eigenvalue weighted by Gasteiger charge is 2.10. The molecule has 0 atom stereocenters. The van der Waals surface area contributed by atoms with Gasteiger partial charge in [0.15, 0.2) is 5.17 Å². The molecular weight excluding hydrogens is 380 g/mol. The number of fused-ring (bicyclic) bond motifs is 1. The van der Waals surface area contributed by atoms with Gasteiger partial charge in [0.05, 0.1) is 36.4 Å². The molecule has 0 saturated heterocycles. The molecule has 28 heavy (non-hydrogen) atoms. The lowest BCUT2D eigenvalue weighted by atomic mass is 10.1. The van der Waals surface area contributed by atoms with Gasteiger partial charge in [-0.2, -0.15) is 0 Å². The number of ether oxygens (including phenoxy) is 2. The largest absolute Gasteiger partial charge is 0.494 e. The summed E-state index contributed by atoms with van der Waals surface area (Å²) in [5.41, 5.74) is 7.03. The van der Waals surface area contributed by atoms with Gasteiger partial charge >= 0.3 is 5.97 Å². The molecule has 0 amide bonds. The molecule has 0 aliphatic rings. The Morgan fingerprint density at radius 1 is 1.25 bits per heavy atom. The van der Waals surface area contributed by atoms with Gasteiger partial charge < -0.3 is 20.2 Å². The normalized spacial score (nSPS) is 11.4. The Bertz CT molecular complexity index is 1110. The Morgan fingerprint density at radius 3 is 2.79 bits per heavy atom. The van der Waals surface area contributed by atoms with E-state index in [1.807, 2.05) is 12.1 Å². The maximum atomic E-state index is 12.3. The van der Waals surface area contributed by atoms with Crippen LogP contribution < -0.4 is 16.0 Å². The third kappa shape index (κ3) is 4.32. The number of thioether (sulfide) groups is 1. The zero-order valence-corrected chi connectivity index (χ0v) is 16.1. The monoisotopic (exact) mass is 398 g/mol. The van der Waals surface area contributed by atoms with E-state index in [-0.39, 0.29) is 5.56 Å². The molecule has 0 aliphatic heterocycles. The minimum absolute atomic E-state index is 0.294. The van der Waals surface area contributed by atoms with E-state index in [4.69, 9.17) is 15.2 Å². The zero-order chi connectivity index (χ0) is 20.1. The molecule has 0 spiro atoms. The molecule has 3 rings (SSSR count). The summed E-state index contributed by atoms with van der Waals surface area (Å²) in [7, 11) is 2.85. The number of nitrogens with zero attached hydrogens (tertiary/aromatic N) is 2. The van der Waals surface area contributed by atoms with E-state index in [9.17, 15) is 9.59 Å². The molecule has 1 heterocycles. The Morgan fingerprint density at radius 2 is 2.04 bits per heavy atom. The van der Waals surface area contributed by atoms with E-state index in [0.717, 1.165) is 0 Å². The number of hydrogen-bond donors (Lipinski definition) is 2. The number of aliphatic imine (C=N–C) groups is 1. The second kappa shape index (κ2) is 8.57. The Hall–Kier alpha value is -3.33. The van der Waals surface area contributed by atoms with Gasteiger partial charge in [0.2, 0.25) is 0 Å². The van der Waals surface area contributed by atoms with E-state index < -0.39 is 5.97 Å². The van der Waals surface area contributed by atoms with Crippen LogP contribution in [0.1, 0.15) is 16.2 Å². The number of rotatable bonds is 5. The molecular formula is C19H18N4O4S. The minimum Gasteiger partial charge on any atom is -0.494 e. The number of carbonyl (C=O) groups excluding carboxylic acids is 1. The van der Waals surface area contributed by atoms with Crippen molar-refractivity contribution in [1.82, 2.24) is 9.97 Å². The first-order chi connectivity index (χ1) is 13.5. The van der Waals surface area contributed by atoms with Crippen LogP contribution in [-0.4, -0.2) is 35.3 Å². The second-order valence-electron chi connectivity index (χ2n) is 5.65. The Kier molecular flexibility index (Phi) is 5.95. The second-order valence-corrected chi connectivity index (χ2v) is 6.64. The van der Waals surface area contributed by atoms with Crippen molar-refractivity contribution in [3.63, 3.8) is 0 Å². The van der Waals surface area contributed by atoms with Crippen LogP contribution in [0.3, 0.4) is 0 Å². The van der Waals surface area contributed by atoms with Gasteiger partial charge in [-0.15, -0.1) is 0 Å². The number of esters is 1. The number of para-hydroxylation sites is 2. The summed E-state index contributed by atoms with van der Waals surface area (Å²) in [4.78, 5) is 35.4. The number of methoxy groups -OCH3 is 2. The van der Waals surface area contributed by atoms with Gasteiger partial charge in [0.1, 0.15) is 17.3 Å². The average Bonchev–Trinajstić information content (AvgIpc) is 2.71. The molecule has 0 bridgehead atoms. The molecule has 3 N–H and O–H groups in total. The Balaban J connectivity index is 1.83. The van der Waals surface area contributed by atoms with Crippen molar-refractivity contribution in [3.05, 3.63) is 64.2 Å². The molecule has 0 fully saturated rings. The SMILES string of the molecule is COC(=O)c1ccc2c(=O)[nH]c(CSC(N)=Nc3ccccc3OC)nc2c1. The number of aromatic nitrogens is 2. The molecule has 2 aromatic carbocycles. The van der Waals surface area contributed by atoms with Gasteiger partial charge in [0.25, 0.3) is 5.56 Å². The average molecular weight is 398 g/mol. The maximum absolute atomic E-state index is 12.3. The van der Waals surface area contributed by atoms with Crippen LogP contribution in [-0.2, 0) is 10.5 Å². The van der Waals surface area contributed by atoms with Crippen molar-refractivity contribution in [2.24, 2.45) is 10.7 Å². The molecule has 0 unspecified atom stereocenters. The summed E-state index contributed by atoms with van der Waals surface area (Å²) >= 11 is 1.22. The lowest BCUT2D eigenvalue weighted by Crippen LogP contribution is -2.14. The summed E-state index contributed by atoms with van der Waals surface area (Å²) in [6, 6.07) is 11.8. The van der Waals surface area contributed by atoms with Gasteiger partial charge in [-0.3, -0.25) is 4.79 Å². The number of aromatic amines is 1. The predicted molar refractivity (Wildman–Crippen MR) is 109 cm³/mol. The fourth-order valence-corrected chi connectivity index (χ4v) is 3.10. The predicted octanol–water partition coefficient (Wildman–Crippen LogP) is 2.60. The molecule has 0 aliphatic carbocycles. The van der Waals surface area contributed by atoms with Crippen LogP contribution in [0.25, 0.3) is 10.9 Å². The maximum Gasteiger partial charge on any atom is 0.337 e. The van der Waals surface area contributed by atoms with E-state index in [1.165, 1.54) is 31.0 Å². The summed E-state index contributed by atoms with van der Waals surface area (Å²) in [5.74, 6) is 0.840. The van der Waals surface area contributed by atoms with Crippen LogP contribution in [0.15, 0.2) is 52.3 Å². The summed E-state index contributed by atoms with van der Waals surface area (Å²) in [6.45, 7) is 0. The Labute approximate surface area is 164 Å².